The smallest absolute Gasteiger partial charge is 0.217 e. The van der Waals surface area contributed by atoms with Crippen LogP contribution in [0.5, 0.6) is 5.88 Å². The maximum atomic E-state index is 10.6. The third-order valence-corrected chi connectivity index (χ3v) is 2.41. The van der Waals surface area contributed by atoms with Gasteiger partial charge in [0.25, 0.3) is 0 Å². The third-order valence-electron chi connectivity index (χ3n) is 2.41. The minimum atomic E-state index is 0.127. The number of aryl methyl sites for hydroxylation is 1. The molecule has 2 rings (SSSR count). The summed E-state index contributed by atoms with van der Waals surface area (Å²) in [6.07, 6.45) is 2.55. The minimum Gasteiger partial charge on any atom is -0.474 e. The van der Waals surface area contributed by atoms with Gasteiger partial charge in [0.1, 0.15) is 17.6 Å². The van der Waals surface area contributed by atoms with Gasteiger partial charge in [-0.1, -0.05) is 0 Å². The van der Waals surface area contributed by atoms with Gasteiger partial charge >= 0.3 is 0 Å². The van der Waals surface area contributed by atoms with Crippen molar-refractivity contribution in [3.63, 3.8) is 0 Å². The fourth-order valence-electron chi connectivity index (χ4n) is 1.65. The van der Waals surface area contributed by atoms with Crippen LogP contribution in [0.2, 0.25) is 0 Å². The molecule has 0 saturated carbocycles. The molecule has 0 atom stereocenters. The number of aldehydes is 1. The van der Waals surface area contributed by atoms with Gasteiger partial charge in [0.05, 0.1) is 13.2 Å². The summed E-state index contributed by atoms with van der Waals surface area (Å²) >= 11 is 0. The van der Waals surface area contributed by atoms with E-state index in [1.807, 2.05) is 0 Å². The van der Waals surface area contributed by atoms with Crippen LogP contribution in [0.15, 0.2) is 6.07 Å². The molecule has 0 aromatic carbocycles. The molecule has 16 heavy (non-hydrogen) atoms. The molecule has 5 nitrogen and oxygen atoms in total. The summed E-state index contributed by atoms with van der Waals surface area (Å²) in [6, 6.07) is 1.56. The second kappa shape index (κ2) is 5.03. The van der Waals surface area contributed by atoms with Gasteiger partial charge in [-0.15, -0.1) is 0 Å². The van der Waals surface area contributed by atoms with Gasteiger partial charge in [-0.25, -0.2) is 4.98 Å². The second-order valence-electron chi connectivity index (χ2n) is 3.73. The first-order valence-corrected chi connectivity index (χ1v) is 5.33. The predicted octanol–water partition coefficient (Wildman–Crippen LogP) is 1.16. The Morgan fingerprint density at radius 3 is 2.88 bits per heavy atom. The average Bonchev–Trinajstić information content (AvgIpc) is 2.29. The summed E-state index contributed by atoms with van der Waals surface area (Å²) < 4.78 is 10.9. The Balaban J connectivity index is 2.07. The highest BCUT2D eigenvalue weighted by Crippen LogP contribution is 2.16. The van der Waals surface area contributed by atoms with Crippen molar-refractivity contribution in [2.75, 3.05) is 13.2 Å². The van der Waals surface area contributed by atoms with E-state index in [4.69, 9.17) is 9.47 Å². The van der Waals surface area contributed by atoms with Crippen molar-refractivity contribution in [1.29, 1.82) is 0 Å². The summed E-state index contributed by atoms with van der Waals surface area (Å²) in [5.41, 5.74) is 0.356. The summed E-state index contributed by atoms with van der Waals surface area (Å²) in [5, 5.41) is 0. The number of aromatic nitrogens is 2. The highest BCUT2D eigenvalue weighted by atomic mass is 16.5. The van der Waals surface area contributed by atoms with E-state index in [0.29, 0.717) is 23.7 Å². The van der Waals surface area contributed by atoms with E-state index >= 15 is 0 Å². The molecular formula is C11H14N2O3. The molecule has 5 heteroatoms. The Labute approximate surface area is 93.8 Å². The summed E-state index contributed by atoms with van der Waals surface area (Å²) in [5.74, 6) is 1.02. The zero-order valence-electron chi connectivity index (χ0n) is 9.18. The van der Waals surface area contributed by atoms with Crippen LogP contribution in [-0.4, -0.2) is 35.6 Å². The lowest BCUT2D eigenvalue weighted by Gasteiger charge is -2.22. The zero-order valence-corrected chi connectivity index (χ0v) is 9.18. The van der Waals surface area contributed by atoms with Crippen LogP contribution in [0.25, 0.3) is 0 Å². The summed E-state index contributed by atoms with van der Waals surface area (Å²) in [6.45, 7) is 3.17. The predicted molar refractivity (Wildman–Crippen MR) is 56.6 cm³/mol. The molecule has 1 saturated heterocycles. The lowest BCUT2D eigenvalue weighted by atomic mass is 10.1. The highest BCUT2D eigenvalue weighted by Gasteiger charge is 2.16. The van der Waals surface area contributed by atoms with Crippen molar-refractivity contribution in [3.8, 4) is 5.88 Å². The molecule has 86 valence electrons. The number of hydrogen-bond donors (Lipinski definition) is 0. The van der Waals surface area contributed by atoms with Crippen LogP contribution in [0.3, 0.4) is 0 Å². The quantitative estimate of drug-likeness (QED) is 0.718. The molecule has 2 heterocycles. The molecule has 0 amide bonds. The van der Waals surface area contributed by atoms with Crippen LogP contribution >= 0.6 is 0 Å². The first-order valence-electron chi connectivity index (χ1n) is 5.33. The molecular weight excluding hydrogens is 208 g/mol. The maximum Gasteiger partial charge on any atom is 0.217 e. The van der Waals surface area contributed by atoms with Crippen molar-refractivity contribution in [3.05, 3.63) is 17.6 Å². The number of carbonyl (C=O) groups is 1. The standard InChI is InChI=1S/C11H14N2O3/c1-8-12-9(7-14)6-11(13-8)16-10-2-4-15-5-3-10/h6-7,10H,2-5H2,1H3. The Morgan fingerprint density at radius 1 is 1.44 bits per heavy atom. The van der Waals surface area contributed by atoms with Crippen LogP contribution in [0.1, 0.15) is 29.2 Å². The van der Waals surface area contributed by atoms with E-state index in [2.05, 4.69) is 9.97 Å². The third kappa shape index (κ3) is 2.76. The fourth-order valence-corrected chi connectivity index (χ4v) is 1.65. The van der Waals surface area contributed by atoms with Crippen molar-refractivity contribution in [2.45, 2.75) is 25.9 Å². The maximum absolute atomic E-state index is 10.6. The van der Waals surface area contributed by atoms with Gasteiger partial charge in [0.15, 0.2) is 6.29 Å². The number of hydrogen-bond acceptors (Lipinski definition) is 5. The van der Waals surface area contributed by atoms with E-state index in [1.54, 1.807) is 13.0 Å². The van der Waals surface area contributed by atoms with Crippen molar-refractivity contribution < 1.29 is 14.3 Å². The van der Waals surface area contributed by atoms with Gasteiger partial charge in [-0.3, -0.25) is 4.79 Å². The van der Waals surface area contributed by atoms with E-state index in [9.17, 15) is 4.79 Å². The van der Waals surface area contributed by atoms with Crippen LogP contribution < -0.4 is 4.74 Å². The highest BCUT2D eigenvalue weighted by molar-refractivity contribution is 5.72. The topological polar surface area (TPSA) is 61.3 Å². The summed E-state index contributed by atoms with van der Waals surface area (Å²) in [7, 11) is 0. The molecule has 0 N–H and O–H groups in total. The van der Waals surface area contributed by atoms with Crippen molar-refractivity contribution in [2.24, 2.45) is 0 Å². The first kappa shape index (κ1) is 11.0. The SMILES string of the molecule is Cc1nc(C=O)cc(OC2CCOCC2)n1. The zero-order chi connectivity index (χ0) is 11.4. The van der Waals surface area contributed by atoms with Crippen molar-refractivity contribution in [1.82, 2.24) is 9.97 Å². The van der Waals surface area contributed by atoms with E-state index in [-0.39, 0.29) is 6.10 Å². The number of nitrogens with zero attached hydrogens (tertiary/aromatic N) is 2. The van der Waals surface area contributed by atoms with Gasteiger partial charge in [0.2, 0.25) is 5.88 Å². The van der Waals surface area contributed by atoms with E-state index in [1.165, 1.54) is 0 Å². The monoisotopic (exact) mass is 222 g/mol. The molecule has 0 radical (unpaired) electrons. The Kier molecular flexibility index (Phi) is 3.46. The van der Waals surface area contributed by atoms with E-state index in [0.717, 1.165) is 26.1 Å². The number of ether oxygens (including phenoxy) is 2. The molecule has 1 aromatic heterocycles. The molecule has 0 aliphatic carbocycles. The molecule has 1 fully saturated rings. The first-order chi connectivity index (χ1) is 7.78. The van der Waals surface area contributed by atoms with Gasteiger partial charge < -0.3 is 9.47 Å². The number of rotatable bonds is 3. The molecule has 1 aliphatic rings. The van der Waals surface area contributed by atoms with Gasteiger partial charge in [0, 0.05) is 18.9 Å². The van der Waals surface area contributed by atoms with Crippen LogP contribution in [0, 0.1) is 6.92 Å². The van der Waals surface area contributed by atoms with Gasteiger partial charge in [-0.2, -0.15) is 4.98 Å². The molecule has 1 aliphatic heterocycles. The normalized spacial score (nSPS) is 17.1. The molecule has 1 aromatic rings. The average molecular weight is 222 g/mol. The Hall–Kier alpha value is -1.49. The van der Waals surface area contributed by atoms with Gasteiger partial charge in [-0.05, 0) is 6.92 Å². The fraction of sp³-hybridized carbons (Fsp3) is 0.545. The van der Waals surface area contributed by atoms with Crippen LogP contribution in [-0.2, 0) is 4.74 Å². The Morgan fingerprint density at radius 2 is 2.19 bits per heavy atom. The second-order valence-corrected chi connectivity index (χ2v) is 3.73. The van der Waals surface area contributed by atoms with Crippen LogP contribution in [0.4, 0.5) is 0 Å². The molecule has 0 bridgehead atoms. The lowest BCUT2D eigenvalue weighted by Crippen LogP contribution is -2.26. The lowest BCUT2D eigenvalue weighted by molar-refractivity contribution is 0.0236. The van der Waals surface area contributed by atoms with E-state index < -0.39 is 0 Å². The molecule has 0 unspecified atom stereocenters. The number of carbonyl (C=O) groups excluding carboxylic acids is 1. The largest absolute Gasteiger partial charge is 0.474 e. The Bertz CT molecular complexity index is 375. The summed E-state index contributed by atoms with van der Waals surface area (Å²) in [4.78, 5) is 18.7. The molecule has 0 spiro atoms. The minimum absolute atomic E-state index is 0.127. The van der Waals surface area contributed by atoms with Crippen molar-refractivity contribution >= 4 is 6.29 Å².